The summed E-state index contributed by atoms with van der Waals surface area (Å²) in [6.45, 7) is 4.67. The molecule has 2 amide bonds. The van der Waals surface area contributed by atoms with Crippen LogP contribution in [0.5, 0.6) is 0 Å². The van der Waals surface area contributed by atoms with Crippen LogP contribution >= 0.6 is 0 Å². The Hall–Kier alpha value is -3.69. The monoisotopic (exact) mass is 507 g/mol. The number of hydrogen-bond acceptors (Lipinski definition) is 5. The third-order valence-corrected chi connectivity index (χ3v) is 7.50. The number of anilines is 2. The minimum Gasteiger partial charge on any atom is -0.376 e. The second-order valence-electron chi connectivity index (χ2n) is 8.80. The molecule has 3 N–H and O–H groups in total. The fraction of sp³-hybridized carbons (Fsp3) is 0.259. The Morgan fingerprint density at radius 2 is 1.72 bits per heavy atom. The molecule has 4 rings (SSSR count). The summed E-state index contributed by atoms with van der Waals surface area (Å²) in [5.41, 5.74) is 2.73. The van der Waals surface area contributed by atoms with Gasteiger partial charge in [0.2, 0.25) is 0 Å². The molecule has 0 unspecified atom stereocenters. The number of carbonyl (C=O) groups is 2. The lowest BCUT2D eigenvalue weighted by molar-refractivity contribution is 0.0858. The second-order valence-corrected chi connectivity index (χ2v) is 10.4. The van der Waals surface area contributed by atoms with Gasteiger partial charge in [0, 0.05) is 24.4 Å². The maximum Gasteiger partial charge on any atom is 0.262 e. The van der Waals surface area contributed by atoms with Crippen LogP contribution in [-0.4, -0.2) is 39.5 Å². The maximum absolute atomic E-state index is 13.1. The van der Waals surface area contributed by atoms with Gasteiger partial charge >= 0.3 is 0 Å². The SMILES string of the molecule is Cc1ccc(NS(=O)(=O)c2cc(C(=O)Nc3ccccc3C(=O)NC[C@H]3CCCO3)ccc2C)cc1. The van der Waals surface area contributed by atoms with Crippen LogP contribution in [0, 0.1) is 13.8 Å². The Morgan fingerprint density at radius 1 is 0.972 bits per heavy atom. The van der Waals surface area contributed by atoms with Crippen molar-refractivity contribution >= 4 is 33.2 Å². The number of sulfonamides is 1. The number of aryl methyl sites for hydroxylation is 2. The minimum atomic E-state index is -3.93. The van der Waals surface area contributed by atoms with Crippen LogP contribution in [0.4, 0.5) is 11.4 Å². The predicted octanol–water partition coefficient (Wildman–Crippen LogP) is 4.27. The highest BCUT2D eigenvalue weighted by atomic mass is 32.2. The summed E-state index contributed by atoms with van der Waals surface area (Å²) in [4.78, 5) is 25.8. The molecule has 188 valence electrons. The van der Waals surface area contributed by atoms with E-state index in [0.717, 1.165) is 18.4 Å². The number of nitrogens with one attached hydrogen (secondary N) is 3. The Balaban J connectivity index is 1.51. The van der Waals surface area contributed by atoms with Gasteiger partial charge in [-0.25, -0.2) is 8.42 Å². The maximum atomic E-state index is 13.1. The van der Waals surface area contributed by atoms with E-state index in [9.17, 15) is 18.0 Å². The Morgan fingerprint density at radius 3 is 2.44 bits per heavy atom. The molecule has 3 aromatic rings. The average Bonchev–Trinajstić information content (AvgIpc) is 3.38. The first-order valence-corrected chi connectivity index (χ1v) is 13.2. The molecule has 0 radical (unpaired) electrons. The highest BCUT2D eigenvalue weighted by Gasteiger charge is 2.21. The lowest BCUT2D eigenvalue weighted by atomic mass is 10.1. The first-order valence-electron chi connectivity index (χ1n) is 11.7. The Bertz CT molecular complexity index is 1360. The fourth-order valence-corrected chi connectivity index (χ4v) is 5.28. The smallest absolute Gasteiger partial charge is 0.262 e. The van der Waals surface area contributed by atoms with Crippen LogP contribution in [0.15, 0.2) is 71.6 Å². The largest absolute Gasteiger partial charge is 0.376 e. The quantitative estimate of drug-likeness (QED) is 0.422. The van der Waals surface area contributed by atoms with Gasteiger partial charge in [-0.3, -0.25) is 14.3 Å². The molecule has 0 bridgehead atoms. The van der Waals surface area contributed by atoms with Crippen LogP contribution in [-0.2, 0) is 14.8 Å². The van der Waals surface area contributed by atoms with Crippen LogP contribution < -0.4 is 15.4 Å². The summed E-state index contributed by atoms with van der Waals surface area (Å²) in [6.07, 6.45) is 1.87. The summed E-state index contributed by atoms with van der Waals surface area (Å²) in [7, 11) is -3.93. The molecule has 0 aliphatic carbocycles. The summed E-state index contributed by atoms with van der Waals surface area (Å²) < 4.78 is 34.2. The number of carbonyl (C=O) groups excluding carboxylic acids is 2. The lowest BCUT2D eigenvalue weighted by Gasteiger charge is -2.15. The van der Waals surface area contributed by atoms with Crippen molar-refractivity contribution in [2.24, 2.45) is 0 Å². The van der Waals surface area contributed by atoms with Gasteiger partial charge in [0.25, 0.3) is 21.8 Å². The fourth-order valence-electron chi connectivity index (χ4n) is 3.95. The zero-order valence-electron chi connectivity index (χ0n) is 20.2. The van der Waals surface area contributed by atoms with Gasteiger partial charge in [-0.15, -0.1) is 0 Å². The molecule has 1 atom stereocenters. The number of benzene rings is 3. The number of hydrogen-bond donors (Lipinski definition) is 3. The predicted molar refractivity (Wildman–Crippen MR) is 139 cm³/mol. The normalized spacial score (nSPS) is 15.3. The number of para-hydroxylation sites is 1. The first kappa shape index (κ1) is 25.4. The van der Waals surface area contributed by atoms with Gasteiger partial charge in [-0.1, -0.05) is 35.9 Å². The van der Waals surface area contributed by atoms with Crippen LogP contribution in [0.1, 0.15) is 44.7 Å². The van der Waals surface area contributed by atoms with E-state index in [0.29, 0.717) is 35.7 Å². The van der Waals surface area contributed by atoms with Crippen molar-refractivity contribution < 1.29 is 22.7 Å². The highest BCUT2D eigenvalue weighted by molar-refractivity contribution is 7.92. The van der Waals surface area contributed by atoms with Crippen molar-refractivity contribution in [3.63, 3.8) is 0 Å². The Labute approximate surface area is 211 Å². The van der Waals surface area contributed by atoms with E-state index in [2.05, 4.69) is 15.4 Å². The van der Waals surface area contributed by atoms with Crippen molar-refractivity contribution in [2.75, 3.05) is 23.2 Å². The van der Waals surface area contributed by atoms with E-state index >= 15 is 0 Å². The molecule has 3 aromatic carbocycles. The van der Waals surface area contributed by atoms with E-state index in [-0.39, 0.29) is 22.5 Å². The van der Waals surface area contributed by atoms with E-state index in [4.69, 9.17) is 4.74 Å². The molecule has 1 saturated heterocycles. The van der Waals surface area contributed by atoms with E-state index in [1.54, 1.807) is 55.5 Å². The van der Waals surface area contributed by atoms with Crippen LogP contribution in [0.3, 0.4) is 0 Å². The van der Waals surface area contributed by atoms with Gasteiger partial charge in [0.1, 0.15) is 0 Å². The molecule has 36 heavy (non-hydrogen) atoms. The molecule has 0 spiro atoms. The molecule has 1 aliphatic rings. The van der Waals surface area contributed by atoms with Crippen molar-refractivity contribution in [1.82, 2.24) is 5.32 Å². The van der Waals surface area contributed by atoms with Crippen LogP contribution in [0.25, 0.3) is 0 Å². The van der Waals surface area contributed by atoms with Crippen molar-refractivity contribution in [3.8, 4) is 0 Å². The lowest BCUT2D eigenvalue weighted by Crippen LogP contribution is -2.32. The molecular formula is C27H29N3O5S. The summed E-state index contributed by atoms with van der Waals surface area (Å²) >= 11 is 0. The van der Waals surface area contributed by atoms with Gasteiger partial charge in [0.05, 0.1) is 22.3 Å². The van der Waals surface area contributed by atoms with Crippen molar-refractivity contribution in [2.45, 2.75) is 37.7 Å². The van der Waals surface area contributed by atoms with Gasteiger partial charge in [0.15, 0.2) is 0 Å². The van der Waals surface area contributed by atoms with Crippen LogP contribution in [0.2, 0.25) is 0 Å². The third kappa shape index (κ3) is 6.10. The second kappa shape index (κ2) is 10.9. The molecule has 0 saturated carbocycles. The molecule has 1 aliphatic heterocycles. The van der Waals surface area contributed by atoms with Crippen molar-refractivity contribution in [3.05, 3.63) is 89.0 Å². The van der Waals surface area contributed by atoms with Gasteiger partial charge in [-0.2, -0.15) is 0 Å². The molecule has 9 heteroatoms. The van der Waals surface area contributed by atoms with E-state index in [1.165, 1.54) is 6.07 Å². The minimum absolute atomic E-state index is 0.00156. The van der Waals surface area contributed by atoms with E-state index in [1.807, 2.05) is 19.1 Å². The van der Waals surface area contributed by atoms with Crippen molar-refractivity contribution in [1.29, 1.82) is 0 Å². The van der Waals surface area contributed by atoms with Gasteiger partial charge in [-0.05, 0) is 68.7 Å². The highest BCUT2D eigenvalue weighted by Crippen LogP contribution is 2.23. The zero-order valence-corrected chi connectivity index (χ0v) is 21.0. The molecule has 1 fully saturated rings. The first-order chi connectivity index (χ1) is 17.2. The summed E-state index contributed by atoms with van der Waals surface area (Å²) in [6, 6.07) is 18.1. The van der Waals surface area contributed by atoms with Gasteiger partial charge < -0.3 is 15.4 Å². The van der Waals surface area contributed by atoms with E-state index < -0.39 is 15.9 Å². The topological polar surface area (TPSA) is 114 Å². The third-order valence-electron chi connectivity index (χ3n) is 5.98. The molecule has 1 heterocycles. The zero-order chi connectivity index (χ0) is 25.7. The number of rotatable bonds is 8. The molecular weight excluding hydrogens is 478 g/mol. The molecule has 8 nitrogen and oxygen atoms in total. The number of ether oxygens (including phenoxy) is 1. The average molecular weight is 508 g/mol. The number of amides is 2. The summed E-state index contributed by atoms with van der Waals surface area (Å²) in [5, 5.41) is 5.60. The summed E-state index contributed by atoms with van der Waals surface area (Å²) in [5.74, 6) is -0.850. The Kier molecular flexibility index (Phi) is 7.71. The standard InChI is InChI=1S/C27H29N3O5S/c1-18-9-13-21(14-10-18)30-36(33,34)25-16-20(12-11-19(25)2)26(31)29-24-8-4-3-7-23(24)27(32)28-17-22-6-5-15-35-22/h3-4,7-14,16,22,30H,5-6,15,17H2,1-2H3,(H,28,32)(H,29,31)/t22-/m1/s1. The molecule has 0 aromatic heterocycles.